The summed E-state index contributed by atoms with van der Waals surface area (Å²) in [7, 11) is 0. The van der Waals surface area contributed by atoms with E-state index in [2.05, 4.69) is 50.9 Å². The first-order chi connectivity index (χ1) is 8.89. The Balaban J connectivity index is 2.08. The van der Waals surface area contributed by atoms with Crippen LogP contribution in [0.1, 0.15) is 60.3 Å². The van der Waals surface area contributed by atoms with Gasteiger partial charge in [0.1, 0.15) is 0 Å². The highest BCUT2D eigenvalue weighted by molar-refractivity contribution is 5.14. The number of hydrogen-bond acceptors (Lipinski definition) is 2. The zero-order chi connectivity index (χ0) is 14.3. The Morgan fingerprint density at radius 2 is 1.95 bits per heavy atom. The Hall–Kier alpha value is -0.340. The minimum absolute atomic E-state index is 0.370. The average Bonchev–Trinajstić information content (AvgIpc) is 2.32. The molecule has 0 aromatic rings. The highest BCUT2D eigenvalue weighted by Crippen LogP contribution is 2.29. The number of nitrogens with one attached hydrogen (secondary N) is 1. The summed E-state index contributed by atoms with van der Waals surface area (Å²) in [6, 6.07) is 0.628. The fourth-order valence-electron chi connectivity index (χ4n) is 2.62. The lowest BCUT2D eigenvalue weighted by Crippen LogP contribution is -2.32. The molecule has 19 heavy (non-hydrogen) atoms. The molecule has 0 unspecified atom stereocenters. The highest BCUT2D eigenvalue weighted by atomic mass is 15.1. The molecule has 112 valence electrons. The molecule has 1 rings (SSSR count). The Morgan fingerprint density at radius 3 is 2.47 bits per heavy atom. The van der Waals surface area contributed by atoms with Crippen molar-refractivity contribution in [2.24, 2.45) is 5.41 Å². The second kappa shape index (κ2) is 8.06. The maximum atomic E-state index is 3.48. The van der Waals surface area contributed by atoms with Crippen molar-refractivity contribution >= 4 is 0 Å². The van der Waals surface area contributed by atoms with Gasteiger partial charge < -0.3 is 5.32 Å². The van der Waals surface area contributed by atoms with Crippen molar-refractivity contribution in [1.82, 2.24) is 10.2 Å². The first kappa shape index (κ1) is 16.7. The van der Waals surface area contributed by atoms with Gasteiger partial charge in [-0.25, -0.2) is 0 Å². The molecule has 0 atom stereocenters. The monoisotopic (exact) mass is 266 g/mol. The van der Waals surface area contributed by atoms with Gasteiger partial charge in [0.2, 0.25) is 0 Å². The maximum absolute atomic E-state index is 3.48. The second-order valence-corrected chi connectivity index (χ2v) is 7.20. The minimum Gasteiger partial charge on any atom is -0.315 e. The van der Waals surface area contributed by atoms with Crippen molar-refractivity contribution in [3.8, 4) is 0 Å². The third-order valence-electron chi connectivity index (χ3n) is 3.96. The molecule has 0 aromatic heterocycles. The first-order valence-corrected chi connectivity index (χ1v) is 8.05. The van der Waals surface area contributed by atoms with E-state index in [1.807, 2.05) is 0 Å². The van der Waals surface area contributed by atoms with Crippen LogP contribution in [0.15, 0.2) is 11.6 Å². The van der Waals surface area contributed by atoms with Gasteiger partial charge in [0.05, 0.1) is 0 Å². The van der Waals surface area contributed by atoms with Crippen molar-refractivity contribution < 1.29 is 0 Å². The smallest absolute Gasteiger partial charge is 0.0166 e. The van der Waals surface area contributed by atoms with Gasteiger partial charge in [-0.15, -0.1) is 0 Å². The summed E-state index contributed by atoms with van der Waals surface area (Å²) < 4.78 is 0. The minimum atomic E-state index is 0.370. The molecule has 0 amide bonds. The Kier molecular flexibility index (Phi) is 7.09. The molecule has 1 aliphatic rings. The van der Waals surface area contributed by atoms with Crippen molar-refractivity contribution in [3.05, 3.63) is 11.6 Å². The standard InChI is InChI=1S/C17H34N2/c1-15(2)18-11-7-6-8-12-19-13-9-16(10-14-19)17(3,4)5/h9,15,18H,6-8,10-14H2,1-5H3. The molecule has 0 aliphatic carbocycles. The van der Waals surface area contributed by atoms with Crippen LogP contribution in [0.4, 0.5) is 0 Å². The normalized spacial score (nSPS) is 17.9. The molecule has 1 heterocycles. The molecule has 2 heteroatoms. The van der Waals surface area contributed by atoms with Gasteiger partial charge in [0.15, 0.2) is 0 Å². The summed E-state index contributed by atoms with van der Waals surface area (Å²) in [6.07, 6.45) is 7.74. The van der Waals surface area contributed by atoms with Crippen LogP contribution in [-0.2, 0) is 0 Å². The van der Waals surface area contributed by atoms with Gasteiger partial charge >= 0.3 is 0 Å². The number of rotatable bonds is 7. The molecule has 0 fully saturated rings. The van der Waals surface area contributed by atoms with E-state index >= 15 is 0 Å². The van der Waals surface area contributed by atoms with Gasteiger partial charge in [-0.3, -0.25) is 4.90 Å². The number of nitrogens with zero attached hydrogens (tertiary/aromatic N) is 1. The summed E-state index contributed by atoms with van der Waals surface area (Å²) in [5, 5.41) is 3.48. The molecule has 0 radical (unpaired) electrons. The summed E-state index contributed by atoms with van der Waals surface area (Å²) in [6.45, 7) is 16.3. The molecular weight excluding hydrogens is 232 g/mol. The lowest BCUT2D eigenvalue weighted by Gasteiger charge is -2.32. The van der Waals surface area contributed by atoms with E-state index in [1.165, 1.54) is 45.3 Å². The first-order valence-electron chi connectivity index (χ1n) is 8.05. The number of unbranched alkanes of at least 4 members (excludes halogenated alkanes) is 2. The van der Waals surface area contributed by atoms with Gasteiger partial charge in [-0.1, -0.05) is 52.7 Å². The average molecular weight is 266 g/mol. The van der Waals surface area contributed by atoms with E-state index in [1.54, 1.807) is 5.57 Å². The largest absolute Gasteiger partial charge is 0.315 e. The Bertz CT molecular complexity index is 273. The Morgan fingerprint density at radius 1 is 1.21 bits per heavy atom. The van der Waals surface area contributed by atoms with E-state index in [0.717, 1.165) is 6.54 Å². The van der Waals surface area contributed by atoms with Crippen LogP contribution in [0.3, 0.4) is 0 Å². The van der Waals surface area contributed by atoms with Crippen molar-refractivity contribution in [2.45, 2.75) is 66.3 Å². The maximum Gasteiger partial charge on any atom is 0.0166 e. The van der Waals surface area contributed by atoms with Crippen molar-refractivity contribution in [3.63, 3.8) is 0 Å². The zero-order valence-electron chi connectivity index (χ0n) is 13.8. The fourth-order valence-corrected chi connectivity index (χ4v) is 2.62. The fraction of sp³-hybridized carbons (Fsp3) is 0.882. The summed E-state index contributed by atoms with van der Waals surface area (Å²) >= 11 is 0. The summed E-state index contributed by atoms with van der Waals surface area (Å²) in [4.78, 5) is 2.60. The van der Waals surface area contributed by atoms with Crippen molar-refractivity contribution in [1.29, 1.82) is 0 Å². The predicted octanol–water partition coefficient (Wildman–Crippen LogP) is 3.83. The summed E-state index contributed by atoms with van der Waals surface area (Å²) in [5.74, 6) is 0. The van der Waals surface area contributed by atoms with Gasteiger partial charge in [0.25, 0.3) is 0 Å². The van der Waals surface area contributed by atoms with Crippen LogP contribution < -0.4 is 5.32 Å². The molecule has 0 saturated carbocycles. The summed E-state index contributed by atoms with van der Waals surface area (Å²) in [5.41, 5.74) is 2.01. The molecule has 1 N–H and O–H groups in total. The molecule has 0 aromatic carbocycles. The molecular formula is C17H34N2. The third-order valence-corrected chi connectivity index (χ3v) is 3.96. The molecule has 2 nitrogen and oxygen atoms in total. The van der Waals surface area contributed by atoms with Crippen LogP contribution in [0.25, 0.3) is 0 Å². The molecule has 0 bridgehead atoms. The van der Waals surface area contributed by atoms with Gasteiger partial charge in [-0.2, -0.15) is 0 Å². The molecule has 0 spiro atoms. The van der Waals surface area contributed by atoms with Crippen LogP contribution in [-0.4, -0.2) is 37.1 Å². The van der Waals surface area contributed by atoms with E-state index in [9.17, 15) is 0 Å². The topological polar surface area (TPSA) is 15.3 Å². The van der Waals surface area contributed by atoms with Crippen LogP contribution >= 0.6 is 0 Å². The Labute approximate surface area is 120 Å². The van der Waals surface area contributed by atoms with Gasteiger partial charge in [-0.05, 0) is 37.8 Å². The predicted molar refractivity (Wildman–Crippen MR) is 85.6 cm³/mol. The lowest BCUT2D eigenvalue weighted by molar-refractivity contribution is 0.272. The van der Waals surface area contributed by atoms with E-state index in [-0.39, 0.29) is 0 Å². The second-order valence-electron chi connectivity index (χ2n) is 7.20. The molecule has 1 aliphatic heterocycles. The van der Waals surface area contributed by atoms with Gasteiger partial charge in [0, 0.05) is 19.1 Å². The molecule has 0 saturated heterocycles. The van der Waals surface area contributed by atoms with Crippen LogP contribution in [0, 0.1) is 5.41 Å². The van der Waals surface area contributed by atoms with Crippen molar-refractivity contribution in [2.75, 3.05) is 26.2 Å². The van der Waals surface area contributed by atoms with Crippen LogP contribution in [0.5, 0.6) is 0 Å². The quantitative estimate of drug-likeness (QED) is 0.556. The SMILES string of the molecule is CC(C)NCCCCCN1CC=C(C(C)(C)C)CC1. The van der Waals surface area contributed by atoms with E-state index in [4.69, 9.17) is 0 Å². The van der Waals surface area contributed by atoms with E-state index < -0.39 is 0 Å². The highest BCUT2D eigenvalue weighted by Gasteiger charge is 2.20. The third kappa shape index (κ3) is 7.12. The zero-order valence-corrected chi connectivity index (χ0v) is 13.8. The lowest BCUT2D eigenvalue weighted by atomic mass is 9.83. The number of hydrogen-bond donors (Lipinski definition) is 1. The van der Waals surface area contributed by atoms with Crippen LogP contribution in [0.2, 0.25) is 0 Å². The van der Waals surface area contributed by atoms with E-state index in [0.29, 0.717) is 11.5 Å².